The molecule has 4 nitrogen and oxygen atoms in total. The number of aromatic nitrogens is 1. The number of anilines is 1. The molecule has 1 aliphatic carbocycles. The molecule has 1 atom stereocenters. The van der Waals surface area contributed by atoms with Crippen LogP contribution in [-0.2, 0) is 12.8 Å². The quantitative estimate of drug-likeness (QED) is 0.641. The predicted octanol–water partition coefficient (Wildman–Crippen LogP) is 5.54. The van der Waals surface area contributed by atoms with Crippen LogP contribution in [0, 0.1) is 19.8 Å². The molecule has 130 valence electrons. The van der Waals surface area contributed by atoms with Gasteiger partial charge in [0.15, 0.2) is 10.9 Å². The zero-order valence-corrected chi connectivity index (χ0v) is 16.0. The van der Waals surface area contributed by atoms with Crippen LogP contribution in [0.1, 0.15) is 45.6 Å². The number of carbonyl (C=O) groups excluding carboxylic acids is 1. The number of fused-ring (bicyclic) bond motifs is 2. The molecule has 2 heterocycles. The summed E-state index contributed by atoms with van der Waals surface area (Å²) in [5.41, 5.74) is 3.53. The Balaban J connectivity index is 1.63. The highest BCUT2D eigenvalue weighted by atomic mass is 35.5. The van der Waals surface area contributed by atoms with E-state index in [1.807, 2.05) is 26.0 Å². The Morgan fingerprint density at radius 3 is 3.00 bits per heavy atom. The van der Waals surface area contributed by atoms with Crippen LogP contribution in [0.5, 0.6) is 0 Å². The number of nitrogens with one attached hydrogen (secondary N) is 1. The van der Waals surface area contributed by atoms with E-state index in [1.165, 1.54) is 4.88 Å². The van der Waals surface area contributed by atoms with Gasteiger partial charge in [0.2, 0.25) is 0 Å². The zero-order chi connectivity index (χ0) is 17.7. The number of amides is 1. The van der Waals surface area contributed by atoms with Crippen molar-refractivity contribution >= 4 is 44.9 Å². The molecule has 0 radical (unpaired) electrons. The van der Waals surface area contributed by atoms with Crippen LogP contribution in [0.3, 0.4) is 0 Å². The Morgan fingerprint density at radius 1 is 1.40 bits per heavy atom. The molecule has 1 aromatic carbocycles. The van der Waals surface area contributed by atoms with Gasteiger partial charge in [-0.15, -0.1) is 11.3 Å². The smallest absolute Gasteiger partial charge is 0.293 e. The van der Waals surface area contributed by atoms with Gasteiger partial charge in [-0.05, 0) is 56.7 Å². The van der Waals surface area contributed by atoms with Crippen molar-refractivity contribution in [2.24, 2.45) is 5.92 Å². The second kappa shape index (κ2) is 6.15. The Kier molecular flexibility index (Phi) is 4.08. The highest BCUT2D eigenvalue weighted by Crippen LogP contribution is 2.34. The highest BCUT2D eigenvalue weighted by Gasteiger charge is 2.23. The second-order valence-electron chi connectivity index (χ2n) is 6.84. The van der Waals surface area contributed by atoms with Gasteiger partial charge in [-0.3, -0.25) is 10.1 Å². The second-order valence-corrected chi connectivity index (χ2v) is 8.34. The van der Waals surface area contributed by atoms with Gasteiger partial charge in [-0.25, -0.2) is 4.98 Å². The van der Waals surface area contributed by atoms with Crippen LogP contribution >= 0.6 is 22.9 Å². The van der Waals surface area contributed by atoms with Crippen molar-refractivity contribution < 1.29 is 9.21 Å². The number of benzene rings is 1. The van der Waals surface area contributed by atoms with Crippen molar-refractivity contribution in [1.82, 2.24) is 4.98 Å². The van der Waals surface area contributed by atoms with E-state index in [0.717, 1.165) is 41.5 Å². The number of carbonyl (C=O) groups is 1. The van der Waals surface area contributed by atoms with E-state index in [2.05, 4.69) is 17.2 Å². The maximum Gasteiger partial charge on any atom is 0.293 e. The molecule has 2 aromatic heterocycles. The number of aryl methyl sites for hydroxylation is 3. The zero-order valence-electron chi connectivity index (χ0n) is 14.4. The molecule has 1 N–H and O–H groups in total. The number of thiazole rings is 1. The minimum atomic E-state index is -0.262. The molecule has 4 rings (SSSR count). The summed E-state index contributed by atoms with van der Waals surface area (Å²) in [4.78, 5) is 18.6. The molecule has 0 spiro atoms. The summed E-state index contributed by atoms with van der Waals surface area (Å²) in [5.74, 6) is 0.738. The van der Waals surface area contributed by atoms with Crippen molar-refractivity contribution in [2.75, 3.05) is 5.32 Å². The molecule has 25 heavy (non-hydrogen) atoms. The number of furan rings is 1. The summed E-state index contributed by atoms with van der Waals surface area (Å²) < 4.78 is 5.79. The van der Waals surface area contributed by atoms with Gasteiger partial charge in [-0.1, -0.05) is 18.5 Å². The number of halogens is 1. The number of hydrogen-bond donors (Lipinski definition) is 1. The molecule has 0 aliphatic heterocycles. The lowest BCUT2D eigenvalue weighted by atomic mass is 9.93. The van der Waals surface area contributed by atoms with E-state index in [0.29, 0.717) is 27.4 Å². The summed E-state index contributed by atoms with van der Waals surface area (Å²) in [5, 5.41) is 5.09. The standard InChI is InChI=1S/C19H19ClN2O2S/c1-9-4-5-14-16(6-9)25-19(21-14)22-18(23)17-11(3)12-8-13(20)10(2)7-15(12)24-17/h7-9H,4-6H2,1-3H3,(H,21,22,23)/t9-/m0/s1. The lowest BCUT2D eigenvalue weighted by Gasteiger charge is -2.15. The predicted molar refractivity (Wildman–Crippen MR) is 102 cm³/mol. The first-order valence-corrected chi connectivity index (χ1v) is 9.61. The monoisotopic (exact) mass is 374 g/mol. The van der Waals surface area contributed by atoms with Gasteiger partial charge in [-0.2, -0.15) is 0 Å². The van der Waals surface area contributed by atoms with Gasteiger partial charge in [0.25, 0.3) is 5.91 Å². The minimum absolute atomic E-state index is 0.262. The van der Waals surface area contributed by atoms with E-state index in [9.17, 15) is 4.79 Å². The highest BCUT2D eigenvalue weighted by molar-refractivity contribution is 7.15. The summed E-state index contributed by atoms with van der Waals surface area (Å²) in [6, 6.07) is 3.72. The first kappa shape index (κ1) is 16.6. The van der Waals surface area contributed by atoms with Crippen LogP contribution < -0.4 is 5.32 Å². The molecule has 3 aromatic rings. The van der Waals surface area contributed by atoms with E-state index >= 15 is 0 Å². The van der Waals surface area contributed by atoms with Crippen molar-refractivity contribution in [3.63, 3.8) is 0 Å². The van der Waals surface area contributed by atoms with Gasteiger partial charge < -0.3 is 4.42 Å². The Bertz CT molecular complexity index is 989. The average molecular weight is 375 g/mol. The lowest BCUT2D eigenvalue weighted by Crippen LogP contribution is -2.12. The number of rotatable bonds is 2. The molecule has 0 bridgehead atoms. The van der Waals surface area contributed by atoms with Crippen molar-refractivity contribution in [2.45, 2.75) is 40.0 Å². The SMILES string of the molecule is Cc1cc2oc(C(=O)Nc3nc4c(s3)C[C@@H](C)CC4)c(C)c2cc1Cl. The molecule has 1 aliphatic rings. The fourth-order valence-corrected chi connectivity index (χ4v) is 4.64. The molecule has 1 amide bonds. The van der Waals surface area contributed by atoms with Crippen LogP contribution in [0.4, 0.5) is 5.13 Å². The largest absolute Gasteiger partial charge is 0.451 e. The Morgan fingerprint density at radius 2 is 2.20 bits per heavy atom. The van der Waals surface area contributed by atoms with Gasteiger partial charge in [0, 0.05) is 20.8 Å². The fourth-order valence-electron chi connectivity index (χ4n) is 3.31. The first-order valence-electron chi connectivity index (χ1n) is 8.41. The number of hydrogen-bond acceptors (Lipinski definition) is 4. The fraction of sp³-hybridized carbons (Fsp3) is 0.368. The first-order chi connectivity index (χ1) is 11.9. The van der Waals surface area contributed by atoms with Crippen LogP contribution in [0.25, 0.3) is 11.0 Å². The van der Waals surface area contributed by atoms with Crippen molar-refractivity contribution in [1.29, 1.82) is 0 Å². The Hall–Kier alpha value is -1.85. The molecule has 0 unspecified atom stereocenters. The molecule has 0 saturated carbocycles. The normalized spacial score (nSPS) is 16.9. The minimum Gasteiger partial charge on any atom is -0.451 e. The van der Waals surface area contributed by atoms with Gasteiger partial charge in [0.05, 0.1) is 5.69 Å². The third kappa shape index (κ3) is 2.96. The summed E-state index contributed by atoms with van der Waals surface area (Å²) in [6.45, 7) is 6.05. The maximum atomic E-state index is 12.7. The molecule has 6 heteroatoms. The average Bonchev–Trinajstić information content (AvgIpc) is 3.09. The van der Waals surface area contributed by atoms with Crippen molar-refractivity contribution in [3.05, 3.63) is 44.6 Å². The third-order valence-electron chi connectivity index (χ3n) is 4.83. The lowest BCUT2D eigenvalue weighted by molar-refractivity contribution is 0.0998. The number of nitrogens with zero attached hydrogens (tertiary/aromatic N) is 1. The van der Waals surface area contributed by atoms with Crippen molar-refractivity contribution in [3.8, 4) is 0 Å². The Labute approximate surface area is 155 Å². The van der Waals surface area contributed by atoms with Crippen LogP contribution in [0.2, 0.25) is 5.02 Å². The molecular formula is C19H19ClN2O2S. The molecular weight excluding hydrogens is 356 g/mol. The van der Waals surface area contributed by atoms with E-state index in [4.69, 9.17) is 16.0 Å². The third-order valence-corrected chi connectivity index (χ3v) is 6.27. The van der Waals surface area contributed by atoms with E-state index in [1.54, 1.807) is 11.3 Å². The van der Waals surface area contributed by atoms with E-state index < -0.39 is 0 Å². The summed E-state index contributed by atoms with van der Waals surface area (Å²) in [6.07, 6.45) is 3.20. The summed E-state index contributed by atoms with van der Waals surface area (Å²) in [7, 11) is 0. The summed E-state index contributed by atoms with van der Waals surface area (Å²) >= 11 is 7.77. The van der Waals surface area contributed by atoms with Crippen LogP contribution in [0.15, 0.2) is 16.5 Å². The molecule has 0 saturated heterocycles. The van der Waals surface area contributed by atoms with E-state index in [-0.39, 0.29) is 5.91 Å². The van der Waals surface area contributed by atoms with Crippen LogP contribution in [-0.4, -0.2) is 10.9 Å². The maximum absolute atomic E-state index is 12.7. The molecule has 0 fully saturated rings. The van der Waals surface area contributed by atoms with Gasteiger partial charge >= 0.3 is 0 Å². The topological polar surface area (TPSA) is 55.1 Å². The van der Waals surface area contributed by atoms with Gasteiger partial charge in [0.1, 0.15) is 5.58 Å².